The number of methoxy groups -OCH3 is 1. The van der Waals surface area contributed by atoms with Crippen molar-refractivity contribution in [1.29, 1.82) is 0 Å². The topological polar surface area (TPSA) is 38.8 Å². The van der Waals surface area contributed by atoms with Crippen LogP contribution in [0.4, 0.5) is 0 Å². The molecule has 2 aromatic carbocycles. The maximum Gasteiger partial charge on any atom is 0.138 e. The number of carbonyl (C=O) groups is 1. The molecular weight excluding hydrogens is 374 g/mol. The molecule has 0 spiro atoms. The van der Waals surface area contributed by atoms with Crippen molar-refractivity contribution in [3.8, 4) is 16.9 Å². The van der Waals surface area contributed by atoms with E-state index in [4.69, 9.17) is 9.47 Å². The monoisotopic (exact) mass is 405 g/mol. The molecule has 0 amide bonds. The largest absolute Gasteiger partial charge is 0.497 e. The third kappa shape index (κ3) is 3.79. The molecule has 1 saturated heterocycles. The van der Waals surface area contributed by atoms with E-state index in [0.29, 0.717) is 30.8 Å². The standard InChI is InChI=1S/C26H31NO3/c1-29-21-11-9-20(10-12-21)19-7-5-18(6-8-19)17-30-25-16-22-24(28)15-23(25)26(22)27-13-3-2-4-14-27/h5-12,22-23,25-26H,2-4,13-17H2,1H3/t22-,23-,25-,26?/m1/s1. The van der Waals surface area contributed by atoms with Crippen LogP contribution in [-0.2, 0) is 16.1 Å². The Morgan fingerprint density at radius 1 is 0.933 bits per heavy atom. The first kappa shape index (κ1) is 19.8. The number of ether oxygens (including phenoxy) is 2. The van der Waals surface area contributed by atoms with Crippen molar-refractivity contribution in [2.45, 2.75) is 50.9 Å². The Hall–Kier alpha value is -2.17. The van der Waals surface area contributed by atoms with Gasteiger partial charge in [-0.25, -0.2) is 0 Å². The quantitative estimate of drug-likeness (QED) is 0.698. The highest BCUT2D eigenvalue weighted by Gasteiger charge is 2.55. The number of nitrogens with zero attached hydrogens (tertiary/aromatic N) is 1. The number of carbonyl (C=O) groups excluding carboxylic acids is 1. The van der Waals surface area contributed by atoms with Crippen LogP contribution in [0.3, 0.4) is 0 Å². The van der Waals surface area contributed by atoms with Gasteiger partial charge in [-0.15, -0.1) is 0 Å². The lowest BCUT2D eigenvalue weighted by atomic mass is 9.96. The number of benzene rings is 2. The van der Waals surface area contributed by atoms with E-state index < -0.39 is 0 Å². The van der Waals surface area contributed by atoms with Gasteiger partial charge in [-0.05, 0) is 61.2 Å². The first-order valence-corrected chi connectivity index (χ1v) is 11.3. The van der Waals surface area contributed by atoms with Gasteiger partial charge in [0.25, 0.3) is 0 Å². The summed E-state index contributed by atoms with van der Waals surface area (Å²) in [6.45, 7) is 2.94. The van der Waals surface area contributed by atoms with Crippen molar-refractivity contribution in [2.75, 3.05) is 20.2 Å². The minimum absolute atomic E-state index is 0.204. The fraction of sp³-hybridized carbons (Fsp3) is 0.500. The summed E-state index contributed by atoms with van der Waals surface area (Å²) in [5, 5.41) is 0. The van der Waals surface area contributed by atoms with Crippen molar-refractivity contribution in [3.63, 3.8) is 0 Å². The van der Waals surface area contributed by atoms with Crippen molar-refractivity contribution in [2.24, 2.45) is 11.8 Å². The van der Waals surface area contributed by atoms with Crippen LogP contribution in [0.25, 0.3) is 11.1 Å². The summed E-state index contributed by atoms with van der Waals surface area (Å²) in [5.41, 5.74) is 3.56. The Morgan fingerprint density at radius 2 is 1.60 bits per heavy atom. The van der Waals surface area contributed by atoms with Crippen LogP contribution in [-0.4, -0.2) is 43.0 Å². The molecule has 30 heavy (non-hydrogen) atoms. The highest BCUT2D eigenvalue weighted by atomic mass is 16.5. The minimum Gasteiger partial charge on any atom is -0.497 e. The molecule has 4 nitrogen and oxygen atoms in total. The average Bonchev–Trinajstić information content (AvgIpc) is 3.32. The van der Waals surface area contributed by atoms with E-state index in [2.05, 4.69) is 41.3 Å². The average molecular weight is 406 g/mol. The summed E-state index contributed by atoms with van der Waals surface area (Å²) in [6.07, 6.45) is 5.73. The lowest BCUT2D eigenvalue weighted by molar-refractivity contribution is -0.124. The Morgan fingerprint density at radius 3 is 2.27 bits per heavy atom. The molecule has 1 heterocycles. The molecule has 2 saturated carbocycles. The van der Waals surface area contributed by atoms with Gasteiger partial charge in [-0.1, -0.05) is 42.8 Å². The van der Waals surface area contributed by atoms with Gasteiger partial charge in [0.1, 0.15) is 11.5 Å². The molecule has 2 bridgehead atoms. The summed E-state index contributed by atoms with van der Waals surface area (Å²) >= 11 is 0. The first-order chi connectivity index (χ1) is 14.7. The lowest BCUT2D eigenvalue weighted by Gasteiger charge is -2.35. The third-order valence-corrected chi connectivity index (χ3v) is 7.32. The van der Waals surface area contributed by atoms with Crippen LogP contribution in [0.2, 0.25) is 0 Å². The lowest BCUT2D eigenvalue weighted by Crippen LogP contribution is -2.43. The number of hydrogen-bond acceptors (Lipinski definition) is 4. The van der Waals surface area contributed by atoms with Crippen LogP contribution in [0.15, 0.2) is 48.5 Å². The van der Waals surface area contributed by atoms with Gasteiger partial charge in [0.2, 0.25) is 0 Å². The van der Waals surface area contributed by atoms with E-state index in [-0.39, 0.29) is 12.0 Å². The zero-order valence-electron chi connectivity index (χ0n) is 17.8. The van der Waals surface area contributed by atoms with Gasteiger partial charge in [-0.2, -0.15) is 0 Å². The van der Waals surface area contributed by atoms with E-state index in [1.54, 1.807) is 7.11 Å². The highest BCUT2D eigenvalue weighted by molar-refractivity contribution is 5.86. The van der Waals surface area contributed by atoms with Crippen molar-refractivity contribution < 1.29 is 14.3 Å². The molecule has 3 aliphatic rings. The number of piperidine rings is 1. The van der Waals surface area contributed by atoms with Gasteiger partial charge >= 0.3 is 0 Å². The van der Waals surface area contributed by atoms with Gasteiger partial charge in [0.05, 0.1) is 19.8 Å². The summed E-state index contributed by atoms with van der Waals surface area (Å²) < 4.78 is 11.6. The molecule has 1 aliphatic heterocycles. The molecule has 0 radical (unpaired) electrons. The van der Waals surface area contributed by atoms with Crippen molar-refractivity contribution in [3.05, 3.63) is 54.1 Å². The molecule has 2 aromatic rings. The highest BCUT2D eigenvalue weighted by Crippen LogP contribution is 2.47. The summed E-state index contributed by atoms with van der Waals surface area (Å²) in [4.78, 5) is 15.0. The molecular formula is C26H31NO3. The van der Waals surface area contributed by atoms with Gasteiger partial charge in [-0.3, -0.25) is 9.69 Å². The number of fused-ring (bicyclic) bond motifs is 2. The number of ketones is 1. The molecule has 4 atom stereocenters. The Kier molecular flexibility index (Phi) is 5.62. The Bertz CT molecular complexity index is 870. The fourth-order valence-electron chi connectivity index (χ4n) is 5.75. The predicted octanol–water partition coefficient (Wildman–Crippen LogP) is 4.71. The normalized spacial score (nSPS) is 28.8. The van der Waals surface area contributed by atoms with Crippen LogP contribution < -0.4 is 4.74 Å². The SMILES string of the molecule is COc1ccc(-c2ccc(CO[C@@H]3C[C@@H]4C(=O)C[C@H]3C4N3CCCCC3)cc2)cc1. The summed E-state index contributed by atoms with van der Waals surface area (Å²) in [6, 6.07) is 17.2. The second-order valence-corrected chi connectivity index (χ2v) is 9.04. The molecule has 158 valence electrons. The van der Waals surface area contributed by atoms with Gasteiger partial charge in [0.15, 0.2) is 0 Å². The maximum atomic E-state index is 12.4. The molecule has 4 heteroatoms. The second kappa shape index (κ2) is 8.52. The van der Waals surface area contributed by atoms with E-state index in [1.165, 1.54) is 36.0 Å². The fourth-order valence-corrected chi connectivity index (χ4v) is 5.75. The molecule has 0 N–H and O–H groups in total. The van der Waals surface area contributed by atoms with Gasteiger partial charge in [0, 0.05) is 24.3 Å². The summed E-state index contributed by atoms with van der Waals surface area (Å²) in [5.74, 6) is 1.94. The van der Waals surface area contributed by atoms with Crippen molar-refractivity contribution in [1.82, 2.24) is 4.90 Å². The zero-order valence-corrected chi connectivity index (χ0v) is 17.8. The molecule has 0 aromatic heterocycles. The van der Waals surface area contributed by atoms with Crippen LogP contribution in [0, 0.1) is 11.8 Å². The maximum absolute atomic E-state index is 12.4. The van der Waals surface area contributed by atoms with E-state index in [0.717, 1.165) is 25.3 Å². The first-order valence-electron chi connectivity index (χ1n) is 11.3. The van der Waals surface area contributed by atoms with E-state index in [9.17, 15) is 4.79 Å². The molecule has 1 unspecified atom stereocenters. The predicted molar refractivity (Wildman–Crippen MR) is 117 cm³/mol. The van der Waals surface area contributed by atoms with E-state index in [1.807, 2.05) is 12.1 Å². The number of likely N-dealkylation sites (tertiary alicyclic amines) is 1. The minimum atomic E-state index is 0.204. The molecule has 5 rings (SSSR count). The van der Waals surface area contributed by atoms with Crippen LogP contribution >= 0.6 is 0 Å². The zero-order chi connectivity index (χ0) is 20.5. The Labute approximate surface area is 179 Å². The van der Waals surface area contributed by atoms with Crippen molar-refractivity contribution >= 4 is 5.78 Å². The van der Waals surface area contributed by atoms with Crippen LogP contribution in [0.1, 0.15) is 37.7 Å². The van der Waals surface area contributed by atoms with Gasteiger partial charge < -0.3 is 9.47 Å². The number of rotatable bonds is 6. The molecule has 2 aliphatic carbocycles. The smallest absolute Gasteiger partial charge is 0.138 e. The van der Waals surface area contributed by atoms with E-state index >= 15 is 0 Å². The van der Waals surface area contributed by atoms with Crippen LogP contribution in [0.5, 0.6) is 5.75 Å². The third-order valence-electron chi connectivity index (χ3n) is 7.32. The number of Topliss-reactive ketones (excluding diaryl/α,β-unsaturated/α-hetero) is 1. The molecule has 3 fully saturated rings. The second-order valence-electron chi connectivity index (χ2n) is 9.04. The number of hydrogen-bond donors (Lipinski definition) is 0. The Balaban J connectivity index is 1.20. The summed E-state index contributed by atoms with van der Waals surface area (Å²) in [7, 11) is 1.69.